The number of aromatic nitrogens is 3. The largest absolute Gasteiger partial charge is 0.381 e. The number of thiophene rings is 1. The first-order valence-electron chi connectivity index (χ1n) is 11.3. The molecule has 0 bridgehead atoms. The Morgan fingerprint density at radius 3 is 2.72 bits per heavy atom. The van der Waals surface area contributed by atoms with Crippen LogP contribution in [0, 0.1) is 0 Å². The molecule has 1 aliphatic rings. The average molecular weight is 458 g/mol. The van der Waals surface area contributed by atoms with Crippen molar-refractivity contribution < 1.29 is 9.47 Å². The van der Waals surface area contributed by atoms with E-state index in [1.54, 1.807) is 18.4 Å². The van der Waals surface area contributed by atoms with Crippen molar-refractivity contribution in [1.82, 2.24) is 14.8 Å². The Hall–Kier alpha value is -2.16. The van der Waals surface area contributed by atoms with Crippen LogP contribution in [0.3, 0.4) is 0 Å². The molecule has 174 valence electrons. The van der Waals surface area contributed by atoms with E-state index in [4.69, 9.17) is 14.5 Å². The highest BCUT2D eigenvalue weighted by atomic mass is 32.1. The summed E-state index contributed by atoms with van der Waals surface area (Å²) in [4.78, 5) is 6.07. The number of methoxy groups -OCH3 is 1. The minimum absolute atomic E-state index is 0.00476. The third-order valence-electron chi connectivity index (χ3n) is 5.59. The lowest BCUT2D eigenvalue weighted by atomic mass is 10.1. The SMILES string of the molecule is COC(C)(C)CNc1cc(NC(C)(C)C)nc2cc(-c3ccnn3C3CCCCO3)sc12. The summed E-state index contributed by atoms with van der Waals surface area (Å²) in [7, 11) is 1.74. The van der Waals surface area contributed by atoms with Crippen molar-refractivity contribution in [1.29, 1.82) is 0 Å². The molecule has 3 aromatic rings. The summed E-state index contributed by atoms with van der Waals surface area (Å²) in [6.45, 7) is 12.1. The smallest absolute Gasteiger partial charge is 0.150 e. The standard InChI is InChI=1S/C24H35N5O2S/c1-23(2,3)28-20-14-16(25-15-24(4,5)30-6)22-17(27-20)13-19(32-22)18-10-11-26-29(18)21-9-7-8-12-31-21/h10-11,13-14,21H,7-9,12,15H2,1-6H3,(H2,25,27,28). The Morgan fingerprint density at radius 1 is 1.22 bits per heavy atom. The van der Waals surface area contributed by atoms with Gasteiger partial charge in [-0.3, -0.25) is 0 Å². The van der Waals surface area contributed by atoms with Crippen molar-refractivity contribution in [3.63, 3.8) is 0 Å². The van der Waals surface area contributed by atoms with E-state index in [-0.39, 0.29) is 17.4 Å². The van der Waals surface area contributed by atoms with E-state index in [9.17, 15) is 0 Å². The lowest BCUT2D eigenvalue weighted by Gasteiger charge is -2.25. The van der Waals surface area contributed by atoms with Crippen LogP contribution in [-0.4, -0.2) is 46.2 Å². The predicted molar refractivity (Wildman–Crippen MR) is 133 cm³/mol. The molecule has 0 amide bonds. The van der Waals surface area contributed by atoms with Gasteiger partial charge in [-0.1, -0.05) is 0 Å². The molecule has 0 spiro atoms. The number of pyridine rings is 1. The number of fused-ring (bicyclic) bond motifs is 1. The van der Waals surface area contributed by atoms with Crippen LogP contribution in [0.1, 0.15) is 60.1 Å². The average Bonchev–Trinajstić information content (AvgIpc) is 3.38. The van der Waals surface area contributed by atoms with Gasteiger partial charge in [-0.15, -0.1) is 11.3 Å². The lowest BCUT2D eigenvalue weighted by molar-refractivity contribution is -0.0383. The summed E-state index contributed by atoms with van der Waals surface area (Å²) in [6, 6.07) is 6.33. The maximum atomic E-state index is 6.00. The second-order valence-corrected chi connectivity index (χ2v) is 11.1. The van der Waals surface area contributed by atoms with Gasteiger partial charge in [0.05, 0.1) is 32.1 Å². The van der Waals surface area contributed by atoms with Crippen LogP contribution in [0.15, 0.2) is 24.4 Å². The molecule has 1 unspecified atom stereocenters. The van der Waals surface area contributed by atoms with Crippen molar-refractivity contribution in [3.8, 4) is 10.6 Å². The number of anilines is 2. The molecular weight excluding hydrogens is 422 g/mol. The van der Waals surface area contributed by atoms with Crippen LogP contribution >= 0.6 is 11.3 Å². The van der Waals surface area contributed by atoms with Gasteiger partial charge in [0, 0.05) is 38.1 Å². The van der Waals surface area contributed by atoms with Crippen LogP contribution < -0.4 is 10.6 Å². The maximum Gasteiger partial charge on any atom is 0.150 e. The molecule has 32 heavy (non-hydrogen) atoms. The van der Waals surface area contributed by atoms with Crippen LogP contribution in [0.4, 0.5) is 11.5 Å². The quantitative estimate of drug-likeness (QED) is 0.460. The van der Waals surface area contributed by atoms with E-state index in [1.165, 1.54) is 6.42 Å². The first-order valence-corrected chi connectivity index (χ1v) is 12.1. The number of hydrogen-bond acceptors (Lipinski definition) is 7. The maximum absolute atomic E-state index is 6.00. The minimum atomic E-state index is -0.274. The highest BCUT2D eigenvalue weighted by Gasteiger charge is 2.23. The Balaban J connectivity index is 1.73. The van der Waals surface area contributed by atoms with E-state index in [2.05, 4.69) is 68.6 Å². The molecule has 1 saturated heterocycles. The molecular formula is C24H35N5O2S. The highest BCUT2D eigenvalue weighted by molar-refractivity contribution is 7.22. The summed E-state index contributed by atoms with van der Waals surface area (Å²) < 4.78 is 14.8. The second-order valence-electron chi connectivity index (χ2n) is 10.1. The van der Waals surface area contributed by atoms with Gasteiger partial charge in [0.15, 0.2) is 6.23 Å². The first kappa shape index (κ1) is 23.0. The van der Waals surface area contributed by atoms with Gasteiger partial charge in [-0.05, 0) is 66.0 Å². The summed E-state index contributed by atoms with van der Waals surface area (Å²) in [5, 5.41) is 11.7. The molecule has 0 aromatic carbocycles. The lowest BCUT2D eigenvalue weighted by Crippen LogP contribution is -2.32. The molecule has 1 atom stereocenters. The number of ether oxygens (including phenoxy) is 2. The topological polar surface area (TPSA) is 73.2 Å². The summed E-state index contributed by atoms with van der Waals surface area (Å²) in [6.07, 6.45) is 5.15. The molecule has 8 heteroatoms. The van der Waals surface area contributed by atoms with E-state index in [0.29, 0.717) is 6.54 Å². The second kappa shape index (κ2) is 9.00. The van der Waals surface area contributed by atoms with Crippen molar-refractivity contribution in [2.45, 2.75) is 71.2 Å². The zero-order valence-electron chi connectivity index (χ0n) is 20.0. The van der Waals surface area contributed by atoms with Crippen molar-refractivity contribution in [2.24, 2.45) is 0 Å². The fraction of sp³-hybridized carbons (Fsp3) is 0.583. The fourth-order valence-corrected chi connectivity index (χ4v) is 4.87. The number of hydrogen-bond donors (Lipinski definition) is 2. The molecule has 0 aliphatic carbocycles. The Morgan fingerprint density at radius 2 is 2.03 bits per heavy atom. The zero-order chi connectivity index (χ0) is 22.9. The molecule has 7 nitrogen and oxygen atoms in total. The Bertz CT molecular complexity index is 1060. The first-order chi connectivity index (χ1) is 15.1. The number of nitrogens with zero attached hydrogens (tertiary/aromatic N) is 3. The van der Waals surface area contributed by atoms with E-state index in [0.717, 1.165) is 51.7 Å². The van der Waals surface area contributed by atoms with Crippen LogP contribution in [-0.2, 0) is 9.47 Å². The van der Waals surface area contributed by atoms with Crippen LogP contribution in [0.5, 0.6) is 0 Å². The summed E-state index contributed by atoms with van der Waals surface area (Å²) in [5.74, 6) is 0.858. The van der Waals surface area contributed by atoms with E-state index in [1.807, 2.05) is 10.9 Å². The minimum Gasteiger partial charge on any atom is -0.381 e. The van der Waals surface area contributed by atoms with E-state index < -0.39 is 0 Å². The van der Waals surface area contributed by atoms with Gasteiger partial charge in [-0.25, -0.2) is 9.67 Å². The van der Waals surface area contributed by atoms with Gasteiger partial charge in [-0.2, -0.15) is 5.10 Å². The third-order valence-corrected chi connectivity index (χ3v) is 6.77. The number of rotatable bonds is 7. The highest BCUT2D eigenvalue weighted by Crippen LogP contribution is 2.39. The summed E-state index contributed by atoms with van der Waals surface area (Å²) in [5.41, 5.74) is 2.75. The molecule has 1 aliphatic heterocycles. The monoisotopic (exact) mass is 457 g/mol. The molecule has 4 heterocycles. The number of nitrogens with one attached hydrogen (secondary N) is 2. The molecule has 4 rings (SSSR count). The molecule has 0 saturated carbocycles. The van der Waals surface area contributed by atoms with Gasteiger partial charge < -0.3 is 20.1 Å². The predicted octanol–water partition coefficient (Wildman–Crippen LogP) is 5.91. The van der Waals surface area contributed by atoms with Crippen LogP contribution in [0.25, 0.3) is 20.8 Å². The van der Waals surface area contributed by atoms with Gasteiger partial charge >= 0.3 is 0 Å². The molecule has 3 aromatic heterocycles. The van der Waals surface area contributed by atoms with E-state index >= 15 is 0 Å². The van der Waals surface area contributed by atoms with Crippen LogP contribution in [0.2, 0.25) is 0 Å². The molecule has 1 fully saturated rings. The molecule has 2 N–H and O–H groups in total. The Labute approximate surface area is 194 Å². The van der Waals surface area contributed by atoms with Crippen molar-refractivity contribution >= 4 is 33.1 Å². The normalized spacial score (nSPS) is 17.6. The Kier molecular flexibility index (Phi) is 6.47. The van der Waals surface area contributed by atoms with Crippen molar-refractivity contribution in [3.05, 3.63) is 24.4 Å². The van der Waals surface area contributed by atoms with Gasteiger partial charge in [0.2, 0.25) is 0 Å². The van der Waals surface area contributed by atoms with Crippen molar-refractivity contribution in [2.75, 3.05) is 30.9 Å². The summed E-state index contributed by atoms with van der Waals surface area (Å²) >= 11 is 1.73. The fourth-order valence-electron chi connectivity index (χ4n) is 3.76. The third kappa shape index (κ3) is 5.24. The zero-order valence-corrected chi connectivity index (χ0v) is 20.8. The molecule has 0 radical (unpaired) electrons. The van der Waals surface area contributed by atoms with Gasteiger partial charge in [0.1, 0.15) is 5.82 Å². The van der Waals surface area contributed by atoms with Gasteiger partial charge in [0.25, 0.3) is 0 Å².